The minimum atomic E-state index is -5.47. The van der Waals surface area contributed by atoms with Gasteiger partial charge in [0.05, 0.1) is 97.6 Å². The van der Waals surface area contributed by atoms with Crippen LogP contribution < -0.4 is 0 Å². The van der Waals surface area contributed by atoms with E-state index < -0.39 is 118 Å². The second-order valence-corrected chi connectivity index (χ2v) is 11.0. The molecular formula is C37H9F8N9. The van der Waals surface area contributed by atoms with Crippen LogP contribution >= 0.6 is 0 Å². The van der Waals surface area contributed by atoms with Crippen LogP contribution in [0.1, 0.15) is 73.7 Å². The van der Waals surface area contributed by atoms with Crippen molar-refractivity contribution in [1.82, 2.24) is 0 Å². The average Bonchev–Trinajstić information content (AvgIpc) is 3.82. The lowest BCUT2D eigenvalue weighted by Gasteiger charge is -2.17. The van der Waals surface area contributed by atoms with E-state index in [0.29, 0.717) is 30.3 Å². The summed E-state index contributed by atoms with van der Waals surface area (Å²) in [5.74, 6) is -4.02. The Labute approximate surface area is 298 Å². The molecule has 1 aliphatic rings. The van der Waals surface area contributed by atoms with Crippen LogP contribution in [0.5, 0.6) is 0 Å². The van der Waals surface area contributed by atoms with E-state index in [-0.39, 0.29) is 6.92 Å². The normalized spacial score (nSPS) is 13.9. The summed E-state index contributed by atoms with van der Waals surface area (Å²) in [4.78, 5) is 0. The van der Waals surface area contributed by atoms with Crippen LogP contribution in [-0.2, 0) is 18.3 Å². The first-order chi connectivity index (χ1) is 25.3. The minimum absolute atomic E-state index is 0.277. The van der Waals surface area contributed by atoms with Gasteiger partial charge >= 0.3 is 12.4 Å². The fraction of sp³-hybridized carbons (Fsp3) is 0.108. The van der Waals surface area contributed by atoms with Crippen LogP contribution in [0.25, 0.3) is 16.7 Å². The van der Waals surface area contributed by atoms with Crippen molar-refractivity contribution >= 4 is 16.7 Å². The Balaban J connectivity index is 2.48. The van der Waals surface area contributed by atoms with Crippen molar-refractivity contribution in [3.8, 4) is 54.6 Å². The third kappa shape index (κ3) is 6.63. The van der Waals surface area contributed by atoms with Gasteiger partial charge in [0.15, 0.2) is 0 Å². The van der Waals surface area contributed by atoms with Crippen molar-refractivity contribution in [2.45, 2.75) is 25.2 Å². The van der Waals surface area contributed by atoms with Gasteiger partial charge in [-0.25, -0.2) is 8.78 Å². The van der Waals surface area contributed by atoms with Gasteiger partial charge in [-0.05, 0) is 36.4 Å². The number of rotatable bonds is 4. The standard InChI is InChI=1S/C37H9F8N9/c1-35(38,39)32-20(11-49)2-17(8-46)5-23(32)26(14-52)29-30(27(15-53)24-6-18(9-47)3-21(12-50)33(24)36(40,41)42)31(29)28(16-54)25-7-19(10-48)4-22(13-51)34(25)37(43,44)45/h2-7H,1H3. The fourth-order valence-corrected chi connectivity index (χ4v) is 5.75. The first kappa shape index (κ1) is 38.5. The SMILES string of the molecule is CC(F)(F)c1c(C#N)cc(C#N)cc1C(C#N)=C1C(=C(C#N)c2cc(C#N)cc(C#N)c2C(F)(F)F)C1=C(C#N)c1cc(C#N)cc(C#N)c1C(F)(F)F. The highest BCUT2D eigenvalue weighted by Gasteiger charge is 2.47. The molecule has 0 saturated heterocycles. The van der Waals surface area contributed by atoms with E-state index in [1.165, 1.54) is 48.6 Å². The van der Waals surface area contributed by atoms with Crippen LogP contribution in [-0.4, -0.2) is 0 Å². The van der Waals surface area contributed by atoms with E-state index in [1.807, 2.05) is 0 Å². The molecule has 258 valence electrons. The van der Waals surface area contributed by atoms with Crippen molar-refractivity contribution < 1.29 is 35.1 Å². The van der Waals surface area contributed by atoms with Gasteiger partial charge in [0.1, 0.15) is 18.2 Å². The predicted octanol–water partition coefficient (Wildman–Crippen LogP) is 8.31. The van der Waals surface area contributed by atoms with Crippen molar-refractivity contribution in [3.63, 3.8) is 0 Å². The van der Waals surface area contributed by atoms with Crippen LogP contribution in [0.15, 0.2) is 53.1 Å². The zero-order valence-electron chi connectivity index (χ0n) is 26.5. The molecule has 0 aliphatic heterocycles. The van der Waals surface area contributed by atoms with Crippen molar-refractivity contribution in [2.24, 2.45) is 0 Å². The Bertz CT molecular complexity index is 2400. The van der Waals surface area contributed by atoms with E-state index in [9.17, 15) is 73.7 Å². The smallest absolute Gasteiger partial charge is 0.202 e. The van der Waals surface area contributed by atoms with Crippen LogP contribution in [0.4, 0.5) is 35.1 Å². The molecule has 17 heteroatoms. The fourth-order valence-electron chi connectivity index (χ4n) is 5.75. The average molecular weight is 732 g/mol. The molecule has 1 aliphatic carbocycles. The molecule has 0 atom stereocenters. The Kier molecular flexibility index (Phi) is 9.85. The molecule has 0 bridgehead atoms. The molecule has 54 heavy (non-hydrogen) atoms. The number of hydrogen-bond acceptors (Lipinski definition) is 9. The van der Waals surface area contributed by atoms with Gasteiger partial charge in [0, 0.05) is 45.9 Å². The highest BCUT2D eigenvalue weighted by Crippen LogP contribution is 2.58. The Morgan fingerprint density at radius 3 is 0.870 bits per heavy atom. The molecule has 1 saturated carbocycles. The largest absolute Gasteiger partial charge is 0.418 e. The molecule has 9 nitrogen and oxygen atoms in total. The Morgan fingerprint density at radius 1 is 0.407 bits per heavy atom. The molecule has 0 N–H and O–H groups in total. The number of halogens is 8. The van der Waals surface area contributed by atoms with Crippen LogP contribution in [0.2, 0.25) is 0 Å². The summed E-state index contributed by atoms with van der Waals surface area (Å²) in [6, 6.07) is 16.1. The quantitative estimate of drug-likeness (QED) is 0.186. The summed E-state index contributed by atoms with van der Waals surface area (Å²) < 4.78 is 118. The summed E-state index contributed by atoms with van der Waals surface area (Å²) in [6.45, 7) is 0.277. The topological polar surface area (TPSA) is 214 Å². The number of hydrogen-bond donors (Lipinski definition) is 0. The number of nitriles is 9. The van der Waals surface area contributed by atoms with Gasteiger partial charge < -0.3 is 0 Å². The third-order valence-corrected chi connectivity index (χ3v) is 7.75. The molecule has 3 aromatic carbocycles. The first-order valence-electron chi connectivity index (χ1n) is 14.2. The predicted molar refractivity (Wildman–Crippen MR) is 165 cm³/mol. The second kappa shape index (κ2) is 13.8. The van der Waals surface area contributed by atoms with Crippen molar-refractivity contribution in [2.75, 3.05) is 0 Å². The second-order valence-electron chi connectivity index (χ2n) is 11.0. The zero-order chi connectivity index (χ0) is 40.5. The molecule has 1 fully saturated rings. The van der Waals surface area contributed by atoms with Gasteiger partial charge in [-0.3, -0.25) is 0 Å². The molecule has 4 rings (SSSR count). The van der Waals surface area contributed by atoms with E-state index in [4.69, 9.17) is 0 Å². The molecule has 0 unspecified atom stereocenters. The van der Waals surface area contributed by atoms with E-state index >= 15 is 8.78 Å². The summed E-state index contributed by atoms with van der Waals surface area (Å²) in [7, 11) is 0. The molecular weight excluding hydrogens is 722 g/mol. The maximum absolute atomic E-state index is 15.2. The maximum atomic E-state index is 15.2. The van der Waals surface area contributed by atoms with E-state index in [1.54, 1.807) is 6.07 Å². The Hall–Kier alpha value is -8.27. The molecule has 0 heterocycles. The Morgan fingerprint density at radius 2 is 0.667 bits per heavy atom. The van der Waals surface area contributed by atoms with Crippen molar-refractivity contribution in [1.29, 1.82) is 47.4 Å². The summed E-state index contributed by atoms with van der Waals surface area (Å²) in [5.41, 5.74) is -19.5. The lowest BCUT2D eigenvalue weighted by Crippen LogP contribution is -2.14. The van der Waals surface area contributed by atoms with Gasteiger partial charge in [-0.1, -0.05) is 0 Å². The molecule has 0 aromatic heterocycles. The van der Waals surface area contributed by atoms with E-state index in [2.05, 4.69) is 0 Å². The number of alkyl halides is 8. The highest BCUT2D eigenvalue weighted by molar-refractivity contribution is 6.13. The van der Waals surface area contributed by atoms with Gasteiger partial charge in [-0.15, -0.1) is 0 Å². The van der Waals surface area contributed by atoms with Crippen molar-refractivity contribution in [3.05, 3.63) is 120 Å². The lowest BCUT2D eigenvalue weighted by atomic mass is 9.89. The minimum Gasteiger partial charge on any atom is -0.202 e. The molecule has 0 radical (unpaired) electrons. The zero-order valence-corrected chi connectivity index (χ0v) is 26.5. The maximum Gasteiger partial charge on any atom is 0.418 e. The lowest BCUT2D eigenvalue weighted by molar-refractivity contribution is -0.138. The summed E-state index contributed by atoms with van der Waals surface area (Å²) in [5, 5.41) is 88.6. The summed E-state index contributed by atoms with van der Waals surface area (Å²) >= 11 is 0. The molecule has 3 aromatic rings. The molecule has 0 amide bonds. The van der Waals surface area contributed by atoms with Gasteiger partial charge in [0.2, 0.25) is 0 Å². The van der Waals surface area contributed by atoms with Crippen LogP contribution in [0, 0.1) is 102 Å². The summed E-state index contributed by atoms with van der Waals surface area (Å²) in [6.07, 6.45) is -10.9. The molecule has 0 spiro atoms. The monoisotopic (exact) mass is 731 g/mol. The van der Waals surface area contributed by atoms with E-state index in [0.717, 1.165) is 6.07 Å². The number of nitrogens with zero attached hydrogens (tertiary/aromatic N) is 9. The third-order valence-electron chi connectivity index (χ3n) is 7.75. The van der Waals surface area contributed by atoms with Gasteiger partial charge in [-0.2, -0.15) is 73.7 Å². The van der Waals surface area contributed by atoms with Crippen LogP contribution in [0.3, 0.4) is 0 Å². The first-order valence-corrected chi connectivity index (χ1v) is 14.2. The number of benzene rings is 3. The van der Waals surface area contributed by atoms with Gasteiger partial charge in [0.25, 0.3) is 5.92 Å². The number of allylic oxidation sites excluding steroid dienone is 6. The highest BCUT2D eigenvalue weighted by atomic mass is 19.4.